The molecule has 116 valence electrons. The van der Waals surface area contributed by atoms with Gasteiger partial charge in [0.25, 0.3) is 0 Å². The van der Waals surface area contributed by atoms with Crippen LogP contribution in [0.3, 0.4) is 0 Å². The quantitative estimate of drug-likeness (QED) is 0.946. The number of carbonyl (C=O) groups is 1. The van der Waals surface area contributed by atoms with Gasteiger partial charge in [0.1, 0.15) is 17.6 Å². The molecule has 1 aromatic carbocycles. The normalized spacial score (nSPS) is 17.4. The van der Waals surface area contributed by atoms with Gasteiger partial charge >= 0.3 is 0 Å². The van der Waals surface area contributed by atoms with Gasteiger partial charge in [-0.05, 0) is 38.5 Å². The highest BCUT2D eigenvalue weighted by Gasteiger charge is 2.32. The van der Waals surface area contributed by atoms with E-state index >= 15 is 0 Å². The van der Waals surface area contributed by atoms with E-state index in [-0.39, 0.29) is 17.8 Å². The zero-order valence-electron chi connectivity index (χ0n) is 12.8. The second kappa shape index (κ2) is 5.44. The molecule has 0 fully saturated rings. The van der Waals surface area contributed by atoms with Crippen LogP contribution in [-0.2, 0) is 11.3 Å². The Labute approximate surface area is 128 Å². The fraction of sp³-hybridized carbons (Fsp3) is 0.375. The molecule has 6 heteroatoms. The van der Waals surface area contributed by atoms with E-state index in [1.165, 1.54) is 12.1 Å². The number of benzene rings is 1. The van der Waals surface area contributed by atoms with Crippen molar-refractivity contribution in [2.75, 3.05) is 10.2 Å². The summed E-state index contributed by atoms with van der Waals surface area (Å²) in [6, 6.07) is 4.06. The summed E-state index contributed by atoms with van der Waals surface area (Å²) in [7, 11) is 0. The number of nitrogens with zero attached hydrogens (tertiary/aromatic N) is 2. The van der Waals surface area contributed by atoms with E-state index in [1.54, 1.807) is 11.0 Å². The molecule has 1 aliphatic heterocycles. The molecule has 0 spiro atoms. The van der Waals surface area contributed by atoms with Gasteiger partial charge in [-0.3, -0.25) is 4.79 Å². The van der Waals surface area contributed by atoms with Crippen molar-refractivity contribution in [3.63, 3.8) is 0 Å². The molecule has 0 saturated heterocycles. The number of amides is 1. The van der Waals surface area contributed by atoms with Gasteiger partial charge in [0, 0.05) is 5.56 Å². The molecule has 1 aromatic heterocycles. The van der Waals surface area contributed by atoms with E-state index < -0.39 is 0 Å². The molecule has 0 radical (unpaired) electrons. The van der Waals surface area contributed by atoms with Crippen molar-refractivity contribution in [2.24, 2.45) is 0 Å². The van der Waals surface area contributed by atoms with Crippen molar-refractivity contribution in [2.45, 2.75) is 39.8 Å². The molecular weight excluding hydrogens is 285 g/mol. The van der Waals surface area contributed by atoms with E-state index in [2.05, 4.69) is 10.5 Å². The van der Waals surface area contributed by atoms with Crippen LogP contribution in [0.25, 0.3) is 0 Å². The van der Waals surface area contributed by atoms with Gasteiger partial charge in [0.05, 0.1) is 23.6 Å². The Kier molecular flexibility index (Phi) is 3.60. The van der Waals surface area contributed by atoms with Crippen LogP contribution in [0.4, 0.5) is 15.8 Å². The Hall–Kier alpha value is -2.37. The van der Waals surface area contributed by atoms with Crippen molar-refractivity contribution in [1.29, 1.82) is 0 Å². The third-order valence-electron chi connectivity index (χ3n) is 4.05. The Morgan fingerprint density at radius 3 is 2.82 bits per heavy atom. The summed E-state index contributed by atoms with van der Waals surface area (Å²) in [5.74, 6) is 0.342. The molecule has 0 aliphatic carbocycles. The van der Waals surface area contributed by atoms with Gasteiger partial charge in [0.2, 0.25) is 5.91 Å². The predicted octanol–water partition coefficient (Wildman–Crippen LogP) is 3.17. The number of anilines is 2. The highest BCUT2D eigenvalue weighted by molar-refractivity contribution is 6.04. The second-order valence-electron chi connectivity index (χ2n) is 5.49. The van der Waals surface area contributed by atoms with Crippen LogP contribution in [0.15, 0.2) is 22.7 Å². The maximum absolute atomic E-state index is 13.5. The molecule has 22 heavy (non-hydrogen) atoms. The molecule has 1 N–H and O–H groups in total. The average molecular weight is 303 g/mol. The standard InChI is InChI=1S/C16H18FN3O2/c1-4-13-16(21)20(8-12-9(2)19-22-10(12)3)15-6-5-11(17)7-14(15)18-13/h5-7,13,18H,4,8H2,1-3H3. The molecule has 5 nitrogen and oxygen atoms in total. The lowest BCUT2D eigenvalue weighted by Gasteiger charge is -2.35. The third-order valence-corrected chi connectivity index (χ3v) is 4.05. The van der Waals surface area contributed by atoms with Gasteiger partial charge in [-0.25, -0.2) is 4.39 Å². The van der Waals surface area contributed by atoms with Crippen molar-refractivity contribution >= 4 is 17.3 Å². The van der Waals surface area contributed by atoms with Gasteiger partial charge in [0.15, 0.2) is 0 Å². The van der Waals surface area contributed by atoms with Crippen LogP contribution in [0, 0.1) is 19.7 Å². The smallest absolute Gasteiger partial charge is 0.249 e. The number of carbonyl (C=O) groups excluding carboxylic acids is 1. The number of hydrogen-bond donors (Lipinski definition) is 1. The lowest BCUT2D eigenvalue weighted by Crippen LogP contribution is -2.46. The van der Waals surface area contributed by atoms with Crippen molar-refractivity contribution in [3.8, 4) is 0 Å². The van der Waals surface area contributed by atoms with Gasteiger partial charge in [-0.2, -0.15) is 0 Å². The molecular formula is C16H18FN3O2. The number of fused-ring (bicyclic) bond motifs is 1. The Balaban J connectivity index is 2.03. The minimum Gasteiger partial charge on any atom is -0.372 e. The van der Waals surface area contributed by atoms with Crippen molar-refractivity contribution < 1.29 is 13.7 Å². The minimum atomic E-state index is -0.352. The Morgan fingerprint density at radius 2 is 2.18 bits per heavy atom. The number of aromatic nitrogens is 1. The van der Waals surface area contributed by atoms with Crippen LogP contribution >= 0.6 is 0 Å². The summed E-state index contributed by atoms with van der Waals surface area (Å²) < 4.78 is 18.7. The predicted molar refractivity (Wildman–Crippen MR) is 81.3 cm³/mol. The number of nitrogens with one attached hydrogen (secondary N) is 1. The van der Waals surface area contributed by atoms with Gasteiger partial charge < -0.3 is 14.7 Å². The third kappa shape index (κ3) is 2.34. The molecule has 0 saturated carbocycles. The SMILES string of the molecule is CCC1Nc2cc(F)ccc2N(Cc2c(C)noc2C)C1=O. The number of aryl methyl sites for hydroxylation is 2. The molecule has 0 bridgehead atoms. The largest absolute Gasteiger partial charge is 0.372 e. The molecule has 1 aliphatic rings. The zero-order valence-corrected chi connectivity index (χ0v) is 12.8. The summed E-state index contributed by atoms with van der Waals surface area (Å²) in [6.45, 7) is 5.97. The molecule has 1 atom stereocenters. The van der Waals surface area contributed by atoms with E-state index in [0.717, 1.165) is 11.3 Å². The second-order valence-corrected chi connectivity index (χ2v) is 5.49. The highest BCUT2D eigenvalue weighted by atomic mass is 19.1. The van der Waals surface area contributed by atoms with E-state index in [9.17, 15) is 9.18 Å². The average Bonchev–Trinajstić information content (AvgIpc) is 2.81. The number of hydrogen-bond acceptors (Lipinski definition) is 4. The van der Waals surface area contributed by atoms with Gasteiger partial charge in [-0.1, -0.05) is 12.1 Å². The summed E-state index contributed by atoms with van der Waals surface area (Å²) in [5, 5.41) is 7.03. The van der Waals surface area contributed by atoms with E-state index in [1.807, 2.05) is 20.8 Å². The maximum Gasteiger partial charge on any atom is 0.249 e. The lowest BCUT2D eigenvalue weighted by atomic mass is 10.0. The van der Waals surface area contributed by atoms with Crippen LogP contribution in [-0.4, -0.2) is 17.1 Å². The van der Waals surface area contributed by atoms with Crippen LogP contribution in [0.5, 0.6) is 0 Å². The minimum absolute atomic E-state index is 0.0263. The zero-order chi connectivity index (χ0) is 15.9. The lowest BCUT2D eigenvalue weighted by molar-refractivity contribution is -0.119. The highest BCUT2D eigenvalue weighted by Crippen LogP contribution is 2.34. The summed E-state index contributed by atoms with van der Waals surface area (Å²) in [4.78, 5) is 14.3. The summed E-state index contributed by atoms with van der Waals surface area (Å²) >= 11 is 0. The molecule has 3 rings (SSSR count). The van der Waals surface area contributed by atoms with E-state index in [4.69, 9.17) is 4.52 Å². The molecule has 1 amide bonds. The van der Waals surface area contributed by atoms with Gasteiger partial charge in [-0.15, -0.1) is 0 Å². The molecule has 1 unspecified atom stereocenters. The first-order valence-corrected chi connectivity index (χ1v) is 7.30. The molecule has 2 heterocycles. The topological polar surface area (TPSA) is 58.4 Å². The molecule has 2 aromatic rings. The number of rotatable bonds is 3. The van der Waals surface area contributed by atoms with Crippen molar-refractivity contribution in [3.05, 3.63) is 41.0 Å². The van der Waals surface area contributed by atoms with Crippen LogP contribution in [0.1, 0.15) is 30.4 Å². The van der Waals surface area contributed by atoms with Crippen molar-refractivity contribution in [1.82, 2.24) is 5.16 Å². The fourth-order valence-electron chi connectivity index (χ4n) is 2.74. The Bertz CT molecular complexity index is 707. The fourth-order valence-corrected chi connectivity index (χ4v) is 2.74. The first-order valence-electron chi connectivity index (χ1n) is 7.30. The Morgan fingerprint density at radius 1 is 1.41 bits per heavy atom. The van der Waals surface area contributed by atoms with Crippen LogP contribution < -0.4 is 10.2 Å². The van der Waals surface area contributed by atoms with Crippen LogP contribution in [0.2, 0.25) is 0 Å². The summed E-state index contributed by atoms with van der Waals surface area (Å²) in [6.07, 6.45) is 0.632. The summed E-state index contributed by atoms with van der Waals surface area (Å²) in [5.41, 5.74) is 2.97. The maximum atomic E-state index is 13.5. The first kappa shape index (κ1) is 14.6. The monoisotopic (exact) mass is 303 g/mol. The first-order chi connectivity index (χ1) is 10.5. The number of halogens is 1. The van der Waals surface area contributed by atoms with E-state index in [0.29, 0.717) is 30.1 Å².